The minimum Gasteiger partial charge on any atom is -0.396 e. The highest BCUT2D eigenvalue weighted by Crippen LogP contribution is 2.38. The summed E-state index contributed by atoms with van der Waals surface area (Å²) in [7, 11) is 0. The van der Waals surface area contributed by atoms with E-state index in [9.17, 15) is 19.0 Å². The maximum atomic E-state index is 13.9. The number of nitrogens with one attached hydrogen (secondary N) is 2. The SMILES string of the molecule is CC(C)(CO)CNC(Cc1cc(F)cc(F)c1)C(O)CNC1(c2cccc(C(C)(C)C)c2)CCCCC1. The van der Waals surface area contributed by atoms with Crippen LogP contribution in [0.25, 0.3) is 0 Å². The first kappa shape index (κ1) is 29.7. The van der Waals surface area contributed by atoms with E-state index in [-0.39, 0.29) is 24.0 Å². The van der Waals surface area contributed by atoms with E-state index in [1.807, 2.05) is 13.8 Å². The number of aliphatic hydroxyl groups is 2. The Bertz CT molecular complexity index is 992. The molecular formula is C31H46F2N2O2. The first-order valence-electron chi connectivity index (χ1n) is 13.7. The van der Waals surface area contributed by atoms with Crippen LogP contribution in [0.15, 0.2) is 42.5 Å². The average molecular weight is 517 g/mol. The van der Waals surface area contributed by atoms with Crippen LogP contribution >= 0.6 is 0 Å². The summed E-state index contributed by atoms with van der Waals surface area (Å²) in [6, 6.07) is 11.8. The standard InChI is InChI=1S/C31H46F2N2O2/c1-29(2,3)23-10-9-11-24(17-23)31(12-7-6-8-13-31)35-19-28(37)27(34-20-30(4,5)21-36)16-22-14-25(32)18-26(33)15-22/h9-11,14-15,17-18,27-28,34-37H,6-8,12-13,16,19-21H2,1-5H3. The van der Waals surface area contributed by atoms with Crippen molar-refractivity contribution in [1.29, 1.82) is 0 Å². The summed E-state index contributed by atoms with van der Waals surface area (Å²) >= 11 is 0. The number of aliphatic hydroxyl groups excluding tert-OH is 2. The summed E-state index contributed by atoms with van der Waals surface area (Å²) in [4.78, 5) is 0. The van der Waals surface area contributed by atoms with Gasteiger partial charge in [-0.2, -0.15) is 0 Å². The Balaban J connectivity index is 1.82. The number of hydrogen-bond donors (Lipinski definition) is 4. The van der Waals surface area contributed by atoms with Crippen molar-refractivity contribution in [2.24, 2.45) is 5.41 Å². The average Bonchev–Trinajstić information content (AvgIpc) is 2.84. The Morgan fingerprint density at radius 1 is 0.946 bits per heavy atom. The summed E-state index contributed by atoms with van der Waals surface area (Å²) < 4.78 is 27.8. The summed E-state index contributed by atoms with van der Waals surface area (Å²) in [5, 5.41) is 28.2. The van der Waals surface area contributed by atoms with Crippen molar-refractivity contribution in [3.8, 4) is 0 Å². The van der Waals surface area contributed by atoms with Gasteiger partial charge >= 0.3 is 0 Å². The Morgan fingerprint density at radius 3 is 2.19 bits per heavy atom. The van der Waals surface area contributed by atoms with E-state index in [1.54, 1.807) is 0 Å². The van der Waals surface area contributed by atoms with Gasteiger partial charge in [0.1, 0.15) is 11.6 Å². The molecule has 0 aromatic heterocycles. The lowest BCUT2D eigenvalue weighted by atomic mass is 9.74. The van der Waals surface area contributed by atoms with E-state index >= 15 is 0 Å². The van der Waals surface area contributed by atoms with Gasteiger partial charge < -0.3 is 20.8 Å². The molecule has 2 atom stereocenters. The van der Waals surface area contributed by atoms with Gasteiger partial charge in [0, 0.05) is 42.8 Å². The van der Waals surface area contributed by atoms with Gasteiger partial charge in [0.2, 0.25) is 0 Å². The molecule has 4 nitrogen and oxygen atoms in total. The van der Waals surface area contributed by atoms with E-state index < -0.39 is 29.2 Å². The molecule has 206 valence electrons. The van der Waals surface area contributed by atoms with Crippen molar-refractivity contribution in [3.63, 3.8) is 0 Å². The van der Waals surface area contributed by atoms with Crippen molar-refractivity contribution in [1.82, 2.24) is 10.6 Å². The fourth-order valence-corrected chi connectivity index (χ4v) is 5.24. The van der Waals surface area contributed by atoms with Gasteiger partial charge in [0.05, 0.1) is 6.10 Å². The normalized spacial score (nSPS) is 18.0. The molecule has 0 bridgehead atoms. The van der Waals surface area contributed by atoms with Gasteiger partial charge in [-0.05, 0) is 53.5 Å². The van der Waals surface area contributed by atoms with Gasteiger partial charge in [0.15, 0.2) is 0 Å². The third-order valence-electron chi connectivity index (χ3n) is 7.75. The predicted octanol–water partition coefficient (Wildman–Crippen LogP) is 5.59. The third-order valence-corrected chi connectivity index (χ3v) is 7.75. The van der Waals surface area contributed by atoms with Gasteiger partial charge in [-0.1, -0.05) is 78.1 Å². The maximum absolute atomic E-state index is 13.9. The molecule has 3 rings (SSSR count). The van der Waals surface area contributed by atoms with E-state index in [0.29, 0.717) is 18.7 Å². The van der Waals surface area contributed by atoms with Crippen LogP contribution < -0.4 is 10.6 Å². The van der Waals surface area contributed by atoms with Crippen LogP contribution in [0.1, 0.15) is 83.4 Å². The predicted molar refractivity (Wildman–Crippen MR) is 147 cm³/mol. The highest BCUT2D eigenvalue weighted by molar-refractivity contribution is 5.34. The molecule has 0 heterocycles. The fourth-order valence-electron chi connectivity index (χ4n) is 5.24. The summed E-state index contributed by atoms with van der Waals surface area (Å²) in [5.41, 5.74) is 2.46. The second-order valence-corrected chi connectivity index (χ2v) is 12.7. The van der Waals surface area contributed by atoms with Gasteiger partial charge in [0.25, 0.3) is 0 Å². The molecule has 4 N–H and O–H groups in total. The molecular weight excluding hydrogens is 470 g/mol. The van der Waals surface area contributed by atoms with Crippen LogP contribution in [-0.2, 0) is 17.4 Å². The van der Waals surface area contributed by atoms with Crippen LogP contribution in [0.3, 0.4) is 0 Å². The molecule has 1 aliphatic rings. The number of benzene rings is 2. The summed E-state index contributed by atoms with van der Waals surface area (Å²) in [6.45, 7) is 11.3. The molecule has 1 aliphatic carbocycles. The lowest BCUT2D eigenvalue weighted by Crippen LogP contribution is -2.53. The van der Waals surface area contributed by atoms with Crippen molar-refractivity contribution in [3.05, 3.63) is 70.8 Å². The number of hydrogen-bond acceptors (Lipinski definition) is 4. The van der Waals surface area contributed by atoms with Crippen LogP contribution in [0, 0.1) is 17.0 Å². The fraction of sp³-hybridized carbons (Fsp3) is 0.613. The summed E-state index contributed by atoms with van der Waals surface area (Å²) in [6.07, 6.45) is 4.92. The number of rotatable bonds is 11. The molecule has 2 aromatic rings. The minimum atomic E-state index is -0.801. The maximum Gasteiger partial charge on any atom is 0.126 e. The minimum absolute atomic E-state index is 0.0110. The highest BCUT2D eigenvalue weighted by atomic mass is 19.1. The molecule has 1 fully saturated rings. The Kier molecular flexibility index (Phi) is 9.90. The van der Waals surface area contributed by atoms with Crippen molar-refractivity contribution in [2.75, 3.05) is 19.7 Å². The molecule has 0 spiro atoms. The topological polar surface area (TPSA) is 64.5 Å². The molecule has 2 unspecified atom stereocenters. The van der Waals surface area contributed by atoms with E-state index in [1.165, 1.54) is 29.7 Å². The second-order valence-electron chi connectivity index (χ2n) is 12.7. The van der Waals surface area contributed by atoms with E-state index in [2.05, 4.69) is 55.7 Å². The zero-order chi connectivity index (χ0) is 27.3. The van der Waals surface area contributed by atoms with Crippen LogP contribution in [0.5, 0.6) is 0 Å². The first-order chi connectivity index (χ1) is 17.3. The monoisotopic (exact) mass is 516 g/mol. The quantitative estimate of drug-likeness (QED) is 0.314. The Hall–Kier alpha value is -1.86. The highest BCUT2D eigenvalue weighted by Gasteiger charge is 2.35. The first-order valence-corrected chi connectivity index (χ1v) is 13.7. The molecule has 0 saturated heterocycles. The molecule has 0 radical (unpaired) electrons. The van der Waals surface area contributed by atoms with Crippen LogP contribution in [0.2, 0.25) is 0 Å². The Morgan fingerprint density at radius 2 is 1.59 bits per heavy atom. The van der Waals surface area contributed by atoms with Crippen molar-refractivity contribution >= 4 is 0 Å². The van der Waals surface area contributed by atoms with E-state index in [4.69, 9.17) is 0 Å². The smallest absolute Gasteiger partial charge is 0.126 e. The zero-order valence-corrected chi connectivity index (χ0v) is 23.2. The summed E-state index contributed by atoms with van der Waals surface area (Å²) in [5.74, 6) is -1.26. The lowest BCUT2D eigenvalue weighted by molar-refractivity contribution is 0.0904. The number of halogens is 2. The Labute approximate surface area is 221 Å². The largest absolute Gasteiger partial charge is 0.396 e. The van der Waals surface area contributed by atoms with Gasteiger partial charge in [-0.15, -0.1) is 0 Å². The van der Waals surface area contributed by atoms with E-state index in [0.717, 1.165) is 31.7 Å². The molecule has 37 heavy (non-hydrogen) atoms. The van der Waals surface area contributed by atoms with Gasteiger partial charge in [-0.25, -0.2) is 8.78 Å². The van der Waals surface area contributed by atoms with Crippen LogP contribution in [0.4, 0.5) is 8.78 Å². The van der Waals surface area contributed by atoms with Crippen LogP contribution in [-0.4, -0.2) is 42.1 Å². The van der Waals surface area contributed by atoms with Crippen molar-refractivity contribution in [2.45, 2.75) is 96.2 Å². The van der Waals surface area contributed by atoms with Gasteiger partial charge in [-0.3, -0.25) is 0 Å². The molecule has 1 saturated carbocycles. The van der Waals surface area contributed by atoms with Crippen molar-refractivity contribution < 1.29 is 19.0 Å². The third kappa shape index (κ3) is 8.31. The molecule has 2 aromatic carbocycles. The lowest BCUT2D eigenvalue weighted by Gasteiger charge is -2.41. The molecule has 0 amide bonds. The zero-order valence-electron chi connectivity index (χ0n) is 23.2. The molecule has 0 aliphatic heterocycles. The second kappa shape index (κ2) is 12.3. The molecule has 6 heteroatoms.